The van der Waals surface area contributed by atoms with Gasteiger partial charge in [-0.1, -0.05) is 41.9 Å². The van der Waals surface area contributed by atoms with Crippen LogP contribution in [0.1, 0.15) is 35.4 Å². The zero-order valence-corrected chi connectivity index (χ0v) is 13.2. The first-order valence-electron chi connectivity index (χ1n) is 7.23. The molecule has 22 heavy (non-hydrogen) atoms. The van der Waals surface area contributed by atoms with E-state index < -0.39 is 0 Å². The molecule has 4 nitrogen and oxygen atoms in total. The van der Waals surface area contributed by atoms with Crippen LogP contribution in [-0.2, 0) is 4.74 Å². The maximum Gasteiger partial charge on any atom is 0.251 e. The molecule has 0 bridgehead atoms. The molecule has 1 unspecified atom stereocenters. The van der Waals surface area contributed by atoms with Crippen LogP contribution in [0.5, 0.6) is 0 Å². The molecule has 0 radical (unpaired) electrons. The number of rotatable bonds is 7. The quantitative estimate of drug-likeness (QED) is 0.626. The molecule has 0 spiro atoms. The summed E-state index contributed by atoms with van der Waals surface area (Å²) in [5, 5.41) is 3.15. The van der Waals surface area contributed by atoms with Gasteiger partial charge in [-0.05, 0) is 31.0 Å². The lowest BCUT2D eigenvalue weighted by molar-refractivity contribution is 0.0635. The van der Waals surface area contributed by atoms with Crippen molar-refractivity contribution in [2.24, 2.45) is 0 Å². The molecule has 1 N–H and O–H groups in total. The number of aromatic nitrogens is 1. The van der Waals surface area contributed by atoms with E-state index in [0.29, 0.717) is 23.9 Å². The standard InChI is InChI=1S/C17H19ClN2O2/c1-13(14-6-3-2-4-7-14)22-11-5-9-20-17(21)15-8-10-19-16(18)12-15/h2-4,6-8,10,12-13H,5,9,11H2,1H3,(H,20,21). The van der Waals surface area contributed by atoms with Gasteiger partial charge in [-0.25, -0.2) is 4.98 Å². The Hall–Kier alpha value is -1.91. The number of halogens is 1. The number of amides is 1. The largest absolute Gasteiger partial charge is 0.374 e. The lowest BCUT2D eigenvalue weighted by Crippen LogP contribution is -2.25. The summed E-state index contributed by atoms with van der Waals surface area (Å²) in [6.45, 7) is 3.17. The molecule has 2 aromatic rings. The highest BCUT2D eigenvalue weighted by molar-refractivity contribution is 6.29. The van der Waals surface area contributed by atoms with E-state index in [1.54, 1.807) is 12.1 Å². The van der Waals surface area contributed by atoms with Gasteiger partial charge in [0.05, 0.1) is 6.10 Å². The number of nitrogens with zero attached hydrogens (tertiary/aromatic N) is 1. The van der Waals surface area contributed by atoms with Gasteiger partial charge < -0.3 is 10.1 Å². The lowest BCUT2D eigenvalue weighted by Gasteiger charge is -2.13. The van der Waals surface area contributed by atoms with Crippen LogP contribution in [0.25, 0.3) is 0 Å². The Morgan fingerprint density at radius 1 is 1.32 bits per heavy atom. The number of pyridine rings is 1. The second-order valence-corrected chi connectivity index (χ2v) is 5.29. The monoisotopic (exact) mass is 318 g/mol. The highest BCUT2D eigenvalue weighted by Crippen LogP contribution is 2.15. The third-order valence-corrected chi connectivity index (χ3v) is 3.44. The molecule has 1 amide bonds. The number of hydrogen-bond acceptors (Lipinski definition) is 3. The van der Waals surface area contributed by atoms with Gasteiger partial charge in [0.1, 0.15) is 5.15 Å². The fourth-order valence-electron chi connectivity index (χ4n) is 2.00. The molecule has 5 heteroatoms. The SMILES string of the molecule is CC(OCCCNC(=O)c1ccnc(Cl)c1)c1ccccc1. The van der Waals surface area contributed by atoms with Gasteiger partial charge >= 0.3 is 0 Å². The van der Waals surface area contributed by atoms with Gasteiger partial charge in [0, 0.05) is 24.9 Å². The molecule has 1 heterocycles. The number of ether oxygens (including phenoxy) is 1. The Kier molecular flexibility index (Phi) is 6.37. The lowest BCUT2D eigenvalue weighted by atomic mass is 10.1. The van der Waals surface area contributed by atoms with Gasteiger partial charge in [0.15, 0.2) is 0 Å². The van der Waals surface area contributed by atoms with Crippen molar-refractivity contribution in [2.75, 3.05) is 13.2 Å². The molecular weight excluding hydrogens is 300 g/mol. The van der Waals surface area contributed by atoms with Crippen molar-refractivity contribution >= 4 is 17.5 Å². The van der Waals surface area contributed by atoms with E-state index in [1.165, 1.54) is 6.20 Å². The van der Waals surface area contributed by atoms with Crippen LogP contribution in [0, 0.1) is 0 Å². The first-order chi connectivity index (χ1) is 10.7. The highest BCUT2D eigenvalue weighted by atomic mass is 35.5. The van der Waals surface area contributed by atoms with Crippen LogP contribution in [0.3, 0.4) is 0 Å². The minimum atomic E-state index is -0.152. The van der Waals surface area contributed by atoms with Crippen molar-refractivity contribution < 1.29 is 9.53 Å². The second kappa shape index (κ2) is 8.51. The normalized spacial score (nSPS) is 11.9. The van der Waals surface area contributed by atoms with Gasteiger partial charge in [-0.3, -0.25) is 4.79 Å². The maximum atomic E-state index is 11.9. The molecule has 2 rings (SSSR count). The minimum absolute atomic E-state index is 0.0518. The Bertz CT molecular complexity index is 605. The van der Waals surface area contributed by atoms with Crippen LogP contribution in [0.15, 0.2) is 48.7 Å². The van der Waals surface area contributed by atoms with Crippen molar-refractivity contribution in [1.82, 2.24) is 10.3 Å². The van der Waals surface area contributed by atoms with Gasteiger partial charge in [-0.2, -0.15) is 0 Å². The van der Waals surface area contributed by atoms with Gasteiger partial charge in [0.2, 0.25) is 0 Å². The highest BCUT2D eigenvalue weighted by Gasteiger charge is 2.07. The summed E-state index contributed by atoms with van der Waals surface area (Å²) in [7, 11) is 0. The van der Waals surface area contributed by atoms with Crippen molar-refractivity contribution in [2.45, 2.75) is 19.4 Å². The molecule has 0 aliphatic heterocycles. The molecule has 1 atom stereocenters. The summed E-state index contributed by atoms with van der Waals surface area (Å²) < 4.78 is 5.75. The first kappa shape index (κ1) is 16.5. The van der Waals surface area contributed by atoms with E-state index >= 15 is 0 Å². The molecule has 0 aliphatic rings. The van der Waals surface area contributed by atoms with Crippen LogP contribution >= 0.6 is 11.6 Å². The Morgan fingerprint density at radius 3 is 2.82 bits per heavy atom. The summed E-state index contributed by atoms with van der Waals surface area (Å²) in [6, 6.07) is 13.2. The number of carbonyl (C=O) groups excluding carboxylic acids is 1. The van der Waals surface area contributed by atoms with Gasteiger partial charge in [-0.15, -0.1) is 0 Å². The van der Waals surface area contributed by atoms with E-state index in [2.05, 4.69) is 10.3 Å². The smallest absolute Gasteiger partial charge is 0.251 e. The van der Waals surface area contributed by atoms with Crippen molar-refractivity contribution in [3.8, 4) is 0 Å². The molecule has 0 aliphatic carbocycles. The summed E-state index contributed by atoms with van der Waals surface area (Å²) in [5.41, 5.74) is 1.66. The van der Waals surface area contributed by atoms with E-state index in [4.69, 9.17) is 16.3 Å². The summed E-state index contributed by atoms with van der Waals surface area (Å²) in [6.07, 6.45) is 2.32. The average molecular weight is 319 g/mol. The summed E-state index contributed by atoms with van der Waals surface area (Å²) >= 11 is 5.75. The van der Waals surface area contributed by atoms with Crippen LogP contribution in [-0.4, -0.2) is 24.0 Å². The zero-order chi connectivity index (χ0) is 15.8. The minimum Gasteiger partial charge on any atom is -0.374 e. The predicted molar refractivity (Wildman–Crippen MR) is 87.0 cm³/mol. The Balaban J connectivity index is 1.66. The molecule has 1 aromatic heterocycles. The Labute approximate surface area is 135 Å². The molecule has 0 saturated heterocycles. The van der Waals surface area contributed by atoms with Crippen molar-refractivity contribution in [3.63, 3.8) is 0 Å². The first-order valence-corrected chi connectivity index (χ1v) is 7.61. The van der Waals surface area contributed by atoms with Gasteiger partial charge in [0.25, 0.3) is 5.91 Å². The van der Waals surface area contributed by atoms with E-state index in [1.807, 2.05) is 37.3 Å². The molecule has 0 fully saturated rings. The molecule has 116 valence electrons. The van der Waals surface area contributed by atoms with Crippen molar-refractivity contribution in [1.29, 1.82) is 0 Å². The number of benzene rings is 1. The zero-order valence-electron chi connectivity index (χ0n) is 12.5. The summed E-state index contributed by atoms with van der Waals surface area (Å²) in [4.78, 5) is 15.7. The summed E-state index contributed by atoms with van der Waals surface area (Å²) in [5.74, 6) is -0.152. The number of carbonyl (C=O) groups is 1. The molecular formula is C17H19ClN2O2. The van der Waals surface area contributed by atoms with E-state index in [0.717, 1.165) is 12.0 Å². The van der Waals surface area contributed by atoms with Crippen LogP contribution in [0.4, 0.5) is 0 Å². The third-order valence-electron chi connectivity index (χ3n) is 3.23. The van der Waals surface area contributed by atoms with E-state index in [9.17, 15) is 4.79 Å². The Morgan fingerprint density at radius 2 is 2.09 bits per heavy atom. The fourth-order valence-corrected chi connectivity index (χ4v) is 2.17. The van der Waals surface area contributed by atoms with Crippen LogP contribution in [0.2, 0.25) is 5.15 Å². The topological polar surface area (TPSA) is 51.2 Å². The second-order valence-electron chi connectivity index (χ2n) is 4.90. The van der Waals surface area contributed by atoms with Crippen LogP contribution < -0.4 is 5.32 Å². The molecule has 0 saturated carbocycles. The third kappa shape index (κ3) is 5.13. The number of hydrogen-bond donors (Lipinski definition) is 1. The number of nitrogens with one attached hydrogen (secondary N) is 1. The van der Waals surface area contributed by atoms with Crippen molar-refractivity contribution in [3.05, 3.63) is 64.9 Å². The molecule has 1 aromatic carbocycles. The maximum absolute atomic E-state index is 11.9. The predicted octanol–water partition coefficient (Wildman–Crippen LogP) is 3.63. The average Bonchev–Trinajstić information content (AvgIpc) is 2.55. The fraction of sp³-hybridized carbons (Fsp3) is 0.294. The van der Waals surface area contributed by atoms with E-state index in [-0.39, 0.29) is 12.0 Å².